The maximum atomic E-state index is 11.9. The second kappa shape index (κ2) is 4.95. The molecule has 1 aliphatic heterocycles. The van der Waals surface area contributed by atoms with Crippen LogP contribution in [0.1, 0.15) is 24.5 Å². The van der Waals surface area contributed by atoms with E-state index in [9.17, 15) is 9.90 Å². The number of aliphatic hydroxyl groups excluding tert-OH is 1. The summed E-state index contributed by atoms with van der Waals surface area (Å²) >= 11 is 1.49. The number of hydrogen-bond acceptors (Lipinski definition) is 4. The number of nitrogens with two attached hydrogens (primary N) is 1. The molecule has 0 aromatic carbocycles. The van der Waals surface area contributed by atoms with Crippen molar-refractivity contribution in [3.63, 3.8) is 0 Å². The fourth-order valence-electron chi connectivity index (χ4n) is 1.93. The SMILES string of the molecule is NC(C(=O)N1CCCC1)[C@H](O)c1ccsc1. The molecule has 88 valence electrons. The lowest BCUT2D eigenvalue weighted by atomic mass is 10.1. The fraction of sp³-hybridized carbons (Fsp3) is 0.545. The first kappa shape index (κ1) is 11.6. The third kappa shape index (κ3) is 2.26. The Hall–Kier alpha value is -0.910. The van der Waals surface area contributed by atoms with E-state index in [1.54, 1.807) is 11.0 Å². The summed E-state index contributed by atoms with van der Waals surface area (Å²) in [6.45, 7) is 1.53. The van der Waals surface area contributed by atoms with Gasteiger partial charge in [-0.3, -0.25) is 4.79 Å². The molecule has 5 heteroatoms. The van der Waals surface area contributed by atoms with Gasteiger partial charge in [0.15, 0.2) is 0 Å². The minimum absolute atomic E-state index is 0.142. The third-order valence-electron chi connectivity index (χ3n) is 2.93. The first-order chi connectivity index (χ1) is 7.70. The predicted octanol–water partition coefficient (Wildman–Crippen LogP) is 0.731. The number of rotatable bonds is 3. The highest BCUT2D eigenvalue weighted by atomic mass is 32.1. The van der Waals surface area contributed by atoms with Gasteiger partial charge in [-0.05, 0) is 35.2 Å². The first-order valence-electron chi connectivity index (χ1n) is 5.44. The Morgan fingerprint density at radius 2 is 2.19 bits per heavy atom. The van der Waals surface area contributed by atoms with E-state index in [1.165, 1.54) is 11.3 Å². The largest absolute Gasteiger partial charge is 0.386 e. The molecule has 0 spiro atoms. The van der Waals surface area contributed by atoms with E-state index in [2.05, 4.69) is 0 Å². The van der Waals surface area contributed by atoms with Crippen LogP contribution in [0.15, 0.2) is 16.8 Å². The molecule has 1 fully saturated rings. The minimum atomic E-state index is -0.889. The van der Waals surface area contributed by atoms with Crippen molar-refractivity contribution < 1.29 is 9.90 Å². The van der Waals surface area contributed by atoms with Crippen LogP contribution in [0.4, 0.5) is 0 Å². The van der Waals surface area contributed by atoms with Crippen molar-refractivity contribution in [2.45, 2.75) is 25.0 Å². The summed E-state index contributed by atoms with van der Waals surface area (Å²) in [6.07, 6.45) is 1.18. The van der Waals surface area contributed by atoms with Gasteiger partial charge in [0.2, 0.25) is 5.91 Å². The lowest BCUT2D eigenvalue weighted by molar-refractivity contribution is -0.134. The number of amides is 1. The van der Waals surface area contributed by atoms with Crippen molar-refractivity contribution in [3.8, 4) is 0 Å². The Labute approximate surface area is 98.7 Å². The molecule has 2 atom stereocenters. The van der Waals surface area contributed by atoms with Gasteiger partial charge >= 0.3 is 0 Å². The molecule has 1 amide bonds. The fourth-order valence-corrected chi connectivity index (χ4v) is 2.62. The van der Waals surface area contributed by atoms with Crippen LogP contribution in [0.3, 0.4) is 0 Å². The lowest BCUT2D eigenvalue weighted by Crippen LogP contribution is -2.45. The van der Waals surface area contributed by atoms with E-state index in [0.717, 1.165) is 31.5 Å². The zero-order valence-electron chi connectivity index (χ0n) is 9.00. The zero-order chi connectivity index (χ0) is 11.5. The number of aliphatic hydroxyl groups is 1. The molecule has 1 aliphatic rings. The Morgan fingerprint density at radius 3 is 2.75 bits per heavy atom. The Bertz CT molecular complexity index is 347. The molecule has 0 radical (unpaired) electrons. The van der Waals surface area contributed by atoms with Gasteiger partial charge in [0.25, 0.3) is 0 Å². The van der Waals surface area contributed by atoms with Gasteiger partial charge in [-0.2, -0.15) is 11.3 Å². The molecular weight excluding hydrogens is 224 g/mol. The standard InChI is InChI=1S/C11H16N2O2S/c12-9(10(14)8-3-6-16-7-8)11(15)13-4-1-2-5-13/h3,6-7,9-10,14H,1-2,4-5,12H2/t9?,10-/m1/s1. The average molecular weight is 240 g/mol. The van der Waals surface area contributed by atoms with E-state index in [1.807, 2.05) is 10.8 Å². The summed E-state index contributed by atoms with van der Waals surface area (Å²) < 4.78 is 0. The van der Waals surface area contributed by atoms with Crippen LogP contribution < -0.4 is 5.73 Å². The van der Waals surface area contributed by atoms with Gasteiger partial charge in [-0.25, -0.2) is 0 Å². The van der Waals surface area contributed by atoms with Crippen molar-refractivity contribution >= 4 is 17.2 Å². The minimum Gasteiger partial charge on any atom is -0.386 e. The van der Waals surface area contributed by atoms with Gasteiger partial charge in [0.05, 0.1) is 0 Å². The third-order valence-corrected chi connectivity index (χ3v) is 3.63. The molecule has 2 heterocycles. The van der Waals surface area contributed by atoms with Crippen LogP contribution >= 0.6 is 11.3 Å². The molecule has 3 N–H and O–H groups in total. The summed E-state index contributed by atoms with van der Waals surface area (Å²) in [4.78, 5) is 13.7. The zero-order valence-corrected chi connectivity index (χ0v) is 9.82. The highest BCUT2D eigenvalue weighted by Gasteiger charge is 2.29. The summed E-state index contributed by atoms with van der Waals surface area (Å²) in [5, 5.41) is 13.6. The molecular formula is C11H16N2O2S. The summed E-state index contributed by atoms with van der Waals surface area (Å²) in [5.74, 6) is -0.142. The van der Waals surface area contributed by atoms with Gasteiger partial charge in [0, 0.05) is 13.1 Å². The monoisotopic (exact) mass is 240 g/mol. The molecule has 16 heavy (non-hydrogen) atoms. The molecule has 0 aliphatic carbocycles. The summed E-state index contributed by atoms with van der Waals surface area (Å²) in [7, 11) is 0. The lowest BCUT2D eigenvalue weighted by Gasteiger charge is -2.23. The van der Waals surface area contributed by atoms with E-state index in [4.69, 9.17) is 5.73 Å². The van der Waals surface area contributed by atoms with E-state index >= 15 is 0 Å². The maximum absolute atomic E-state index is 11.9. The maximum Gasteiger partial charge on any atom is 0.242 e. The topological polar surface area (TPSA) is 66.6 Å². The van der Waals surface area contributed by atoms with Gasteiger partial charge in [0.1, 0.15) is 12.1 Å². The van der Waals surface area contributed by atoms with E-state index < -0.39 is 12.1 Å². The highest BCUT2D eigenvalue weighted by molar-refractivity contribution is 7.07. The Kier molecular flexibility index (Phi) is 3.58. The molecule has 2 rings (SSSR count). The molecule has 4 nitrogen and oxygen atoms in total. The highest BCUT2D eigenvalue weighted by Crippen LogP contribution is 2.20. The van der Waals surface area contributed by atoms with Crippen molar-refractivity contribution in [2.24, 2.45) is 5.73 Å². The van der Waals surface area contributed by atoms with E-state index in [-0.39, 0.29) is 5.91 Å². The number of hydrogen-bond donors (Lipinski definition) is 2. The van der Waals surface area contributed by atoms with E-state index in [0.29, 0.717) is 0 Å². The number of nitrogens with zero attached hydrogens (tertiary/aromatic N) is 1. The van der Waals surface area contributed by atoms with Gasteiger partial charge in [-0.15, -0.1) is 0 Å². The number of thiophene rings is 1. The van der Waals surface area contributed by atoms with Crippen molar-refractivity contribution in [1.29, 1.82) is 0 Å². The first-order valence-corrected chi connectivity index (χ1v) is 6.39. The number of likely N-dealkylation sites (tertiary alicyclic amines) is 1. The summed E-state index contributed by atoms with van der Waals surface area (Å²) in [5.41, 5.74) is 6.52. The molecule has 1 aromatic rings. The number of carbonyl (C=O) groups is 1. The smallest absolute Gasteiger partial charge is 0.242 e. The predicted molar refractivity (Wildman–Crippen MR) is 63.1 cm³/mol. The quantitative estimate of drug-likeness (QED) is 0.818. The van der Waals surface area contributed by atoms with Crippen molar-refractivity contribution in [3.05, 3.63) is 22.4 Å². The second-order valence-electron chi connectivity index (χ2n) is 4.06. The van der Waals surface area contributed by atoms with Crippen LogP contribution in [-0.4, -0.2) is 35.0 Å². The molecule has 1 aromatic heterocycles. The Morgan fingerprint density at radius 1 is 1.50 bits per heavy atom. The summed E-state index contributed by atoms with van der Waals surface area (Å²) in [6, 6.07) is 0.958. The van der Waals surface area contributed by atoms with Crippen molar-refractivity contribution in [2.75, 3.05) is 13.1 Å². The van der Waals surface area contributed by atoms with Crippen LogP contribution in [-0.2, 0) is 4.79 Å². The van der Waals surface area contributed by atoms with Crippen LogP contribution in [0.25, 0.3) is 0 Å². The number of carbonyl (C=O) groups excluding carboxylic acids is 1. The van der Waals surface area contributed by atoms with Crippen LogP contribution in [0, 0.1) is 0 Å². The van der Waals surface area contributed by atoms with Crippen LogP contribution in [0.5, 0.6) is 0 Å². The van der Waals surface area contributed by atoms with Gasteiger partial charge < -0.3 is 15.7 Å². The molecule has 1 unspecified atom stereocenters. The second-order valence-corrected chi connectivity index (χ2v) is 4.84. The Balaban J connectivity index is 2.01. The molecule has 0 bridgehead atoms. The van der Waals surface area contributed by atoms with Gasteiger partial charge in [-0.1, -0.05) is 0 Å². The van der Waals surface area contributed by atoms with Crippen molar-refractivity contribution in [1.82, 2.24) is 4.90 Å². The average Bonchev–Trinajstić information content (AvgIpc) is 2.97. The normalized spacial score (nSPS) is 19.8. The molecule has 0 saturated carbocycles. The van der Waals surface area contributed by atoms with Crippen LogP contribution in [0.2, 0.25) is 0 Å². The molecule has 1 saturated heterocycles.